The summed E-state index contributed by atoms with van der Waals surface area (Å²) in [7, 11) is -1.91. The Morgan fingerprint density at radius 1 is 1.10 bits per heavy atom. The number of hydrogen-bond acceptors (Lipinski definition) is 8. The largest absolute Gasteiger partial charge is 0.378 e. The van der Waals surface area contributed by atoms with Crippen LogP contribution in [0.3, 0.4) is 0 Å². The molecule has 2 aliphatic heterocycles. The maximum Gasteiger partial charge on any atom is 0.229 e. The lowest BCUT2D eigenvalue weighted by molar-refractivity contribution is -0.149. The highest BCUT2D eigenvalue weighted by Crippen LogP contribution is 2.65. The summed E-state index contributed by atoms with van der Waals surface area (Å²) < 4.78 is 32.7. The van der Waals surface area contributed by atoms with E-state index in [9.17, 15) is 32.4 Å². The summed E-state index contributed by atoms with van der Waals surface area (Å²) in [4.78, 5) is 70.6. The summed E-state index contributed by atoms with van der Waals surface area (Å²) in [6.07, 6.45) is 6.13. The standard InChI is InChI=1S/C39H64N2O8S/c1-10-12-19-32(43)36(45)27-18-16-14-13-15-17-20-49-26(3)30(37(46)41-25-31-34(39(31,7)8)35(41)33(44)21-27)23-29(42)22-28(38(4,5)6)24-40(9)50(47,48)11-2/h10,26-28,30-31,34-35H,1,11-25H2,2-9H3/t26-,27+,28+,30-,31-,34-,35+/m0/s1. The molecule has 0 radical (unpaired) electrons. The minimum Gasteiger partial charge on any atom is -0.378 e. The summed E-state index contributed by atoms with van der Waals surface area (Å²) in [6, 6.07) is -0.728. The van der Waals surface area contributed by atoms with Crippen LogP contribution in [0.4, 0.5) is 0 Å². The highest BCUT2D eigenvalue weighted by atomic mass is 32.2. The van der Waals surface area contributed by atoms with Crippen molar-refractivity contribution in [2.24, 2.45) is 40.4 Å². The molecule has 3 rings (SSSR count). The maximum atomic E-state index is 14.6. The second-order valence-corrected chi connectivity index (χ2v) is 19.2. The number of hydrogen-bond donors (Lipinski definition) is 0. The predicted octanol–water partition coefficient (Wildman–Crippen LogP) is 5.82. The van der Waals surface area contributed by atoms with Gasteiger partial charge in [0.15, 0.2) is 11.6 Å². The number of allylic oxidation sites excluding steroid dienone is 1. The Hall–Kier alpha value is -2.24. The average Bonchev–Trinajstić information content (AvgIpc) is 3.34. The lowest BCUT2D eigenvalue weighted by atomic mass is 9.76. The Kier molecular flexibility index (Phi) is 14.8. The molecule has 50 heavy (non-hydrogen) atoms. The third-order valence-corrected chi connectivity index (χ3v) is 13.7. The SMILES string of the molecule is C=CCCC(=O)C(=O)[C@@H]1CCCCCCCO[C@@H](C)[C@H](CC(=O)C[C@H](CN(C)S(=O)(=O)CC)C(C)(C)C)C(=O)N2C[C@H]3[C@@H]([C@H]2C(=O)C1)C3(C)C. The van der Waals surface area contributed by atoms with Gasteiger partial charge in [-0.05, 0) is 61.7 Å². The summed E-state index contributed by atoms with van der Waals surface area (Å²) >= 11 is 0. The molecule has 10 nitrogen and oxygen atoms in total. The monoisotopic (exact) mass is 720 g/mol. The number of amides is 1. The van der Waals surface area contributed by atoms with Gasteiger partial charge >= 0.3 is 0 Å². The van der Waals surface area contributed by atoms with Crippen molar-refractivity contribution in [3.05, 3.63) is 12.7 Å². The highest BCUT2D eigenvalue weighted by Gasteiger charge is 2.69. The van der Waals surface area contributed by atoms with Crippen molar-refractivity contribution in [3.8, 4) is 0 Å². The van der Waals surface area contributed by atoms with Crippen LogP contribution >= 0.6 is 0 Å². The molecule has 3 fully saturated rings. The molecule has 2 heterocycles. The molecule has 0 bridgehead atoms. The van der Waals surface area contributed by atoms with Gasteiger partial charge in [0, 0.05) is 58.3 Å². The predicted molar refractivity (Wildman–Crippen MR) is 195 cm³/mol. The van der Waals surface area contributed by atoms with Crippen LogP contribution in [0.2, 0.25) is 0 Å². The van der Waals surface area contributed by atoms with Crippen molar-refractivity contribution in [1.82, 2.24) is 9.21 Å². The van der Waals surface area contributed by atoms with E-state index in [-0.39, 0.29) is 84.0 Å². The van der Waals surface area contributed by atoms with E-state index in [1.165, 1.54) is 11.4 Å². The fourth-order valence-electron chi connectivity index (χ4n) is 8.12. The average molecular weight is 721 g/mol. The summed E-state index contributed by atoms with van der Waals surface area (Å²) in [5.41, 5.74) is -0.518. The van der Waals surface area contributed by atoms with Crippen LogP contribution in [0.1, 0.15) is 119 Å². The van der Waals surface area contributed by atoms with E-state index in [0.717, 1.165) is 32.1 Å². The van der Waals surface area contributed by atoms with E-state index in [2.05, 4.69) is 20.4 Å². The maximum absolute atomic E-state index is 14.6. The third kappa shape index (κ3) is 10.4. The molecule has 284 valence electrons. The molecular weight excluding hydrogens is 657 g/mol. The zero-order chi connectivity index (χ0) is 37.6. The van der Waals surface area contributed by atoms with Gasteiger partial charge in [-0.1, -0.05) is 66.4 Å². The second-order valence-electron chi connectivity index (χ2n) is 16.8. The second kappa shape index (κ2) is 17.5. The van der Waals surface area contributed by atoms with Crippen LogP contribution in [0.25, 0.3) is 0 Å². The van der Waals surface area contributed by atoms with Gasteiger partial charge in [-0.25, -0.2) is 12.7 Å². The van der Waals surface area contributed by atoms with Crippen LogP contribution in [0.5, 0.6) is 0 Å². The molecule has 0 aromatic heterocycles. The van der Waals surface area contributed by atoms with E-state index in [4.69, 9.17) is 4.74 Å². The molecule has 0 aromatic carbocycles. The Labute approximate surface area is 301 Å². The number of carbonyl (C=O) groups excluding carboxylic acids is 5. The van der Waals surface area contributed by atoms with Crippen LogP contribution < -0.4 is 0 Å². The zero-order valence-electron chi connectivity index (χ0n) is 32.0. The van der Waals surface area contributed by atoms with E-state index in [0.29, 0.717) is 26.0 Å². The lowest BCUT2D eigenvalue weighted by Crippen LogP contribution is -2.50. The molecule has 1 aliphatic carbocycles. The lowest BCUT2D eigenvalue weighted by Gasteiger charge is -2.36. The first-order valence-corrected chi connectivity index (χ1v) is 20.5. The number of Topliss-reactive ketones (excluding diaryl/α,β-unsaturated/α-hetero) is 4. The van der Waals surface area contributed by atoms with Gasteiger partial charge in [-0.2, -0.15) is 0 Å². The van der Waals surface area contributed by atoms with Gasteiger partial charge in [-0.3, -0.25) is 24.0 Å². The Balaban J connectivity index is 1.91. The number of sulfonamides is 1. The molecule has 7 atom stereocenters. The minimum absolute atomic E-state index is 0.0330. The normalized spacial score (nSPS) is 28.9. The van der Waals surface area contributed by atoms with Gasteiger partial charge in [0.1, 0.15) is 5.78 Å². The fraction of sp³-hybridized carbons (Fsp3) is 0.821. The molecule has 0 aromatic rings. The van der Waals surface area contributed by atoms with Crippen molar-refractivity contribution in [3.63, 3.8) is 0 Å². The van der Waals surface area contributed by atoms with Crippen LogP contribution in [-0.2, 0) is 38.7 Å². The van der Waals surface area contributed by atoms with Crippen LogP contribution in [-0.4, -0.2) is 91.3 Å². The number of carbonyl (C=O) groups is 5. The van der Waals surface area contributed by atoms with Crippen molar-refractivity contribution < 1.29 is 37.1 Å². The Bertz CT molecular complexity index is 1370. The fourth-order valence-corrected chi connectivity index (χ4v) is 8.97. The van der Waals surface area contributed by atoms with E-state index >= 15 is 0 Å². The van der Waals surface area contributed by atoms with Crippen LogP contribution in [0, 0.1) is 40.4 Å². The molecule has 0 unspecified atom stereocenters. The molecule has 2 saturated heterocycles. The molecule has 1 saturated carbocycles. The topological polar surface area (TPSA) is 135 Å². The Morgan fingerprint density at radius 3 is 2.36 bits per heavy atom. The molecule has 3 aliphatic rings. The number of ketones is 4. The van der Waals surface area contributed by atoms with E-state index in [1.807, 2.05) is 27.7 Å². The zero-order valence-corrected chi connectivity index (χ0v) is 32.8. The smallest absolute Gasteiger partial charge is 0.229 e. The number of ether oxygens (including phenoxy) is 1. The van der Waals surface area contributed by atoms with Crippen LogP contribution in [0.15, 0.2) is 12.7 Å². The van der Waals surface area contributed by atoms with Crippen molar-refractivity contribution in [2.45, 2.75) is 131 Å². The number of rotatable bonds is 13. The molecule has 0 N–H and O–H groups in total. The van der Waals surface area contributed by atoms with Gasteiger partial charge in [0.05, 0.1) is 23.8 Å². The van der Waals surface area contributed by atoms with Gasteiger partial charge in [0.25, 0.3) is 0 Å². The van der Waals surface area contributed by atoms with Gasteiger partial charge < -0.3 is 9.64 Å². The first kappa shape index (κ1) is 42.2. The van der Waals surface area contributed by atoms with Gasteiger partial charge in [-0.15, -0.1) is 6.58 Å². The van der Waals surface area contributed by atoms with Crippen molar-refractivity contribution in [2.75, 3.05) is 32.5 Å². The minimum atomic E-state index is -3.45. The Morgan fingerprint density at radius 2 is 1.74 bits per heavy atom. The van der Waals surface area contributed by atoms with E-state index in [1.54, 1.807) is 17.9 Å². The van der Waals surface area contributed by atoms with E-state index < -0.39 is 45.6 Å². The molecule has 11 heteroatoms. The first-order chi connectivity index (χ1) is 23.3. The van der Waals surface area contributed by atoms with Crippen molar-refractivity contribution >= 4 is 39.1 Å². The summed E-state index contributed by atoms with van der Waals surface area (Å²) in [5.74, 6) is -3.38. The summed E-state index contributed by atoms with van der Waals surface area (Å²) in [5, 5.41) is 0. The number of fused-ring (bicyclic) bond motifs is 3. The highest BCUT2D eigenvalue weighted by molar-refractivity contribution is 7.89. The molecule has 1 amide bonds. The third-order valence-electron chi connectivity index (χ3n) is 11.9. The number of piperidine rings is 1. The number of nitrogens with zero attached hydrogens (tertiary/aromatic N) is 2. The molecule has 0 spiro atoms. The van der Waals surface area contributed by atoms with Gasteiger partial charge in [0.2, 0.25) is 21.7 Å². The van der Waals surface area contributed by atoms with Crippen molar-refractivity contribution in [1.29, 1.82) is 0 Å². The molecular formula is C39H64N2O8S. The quantitative estimate of drug-likeness (QED) is 0.172. The first-order valence-electron chi connectivity index (χ1n) is 18.9. The summed E-state index contributed by atoms with van der Waals surface area (Å²) in [6.45, 7) is 18.3.